The highest BCUT2D eigenvalue weighted by Gasteiger charge is 2.42. The van der Waals surface area contributed by atoms with Crippen LogP contribution in [-0.2, 0) is 6.54 Å². The third-order valence-corrected chi connectivity index (χ3v) is 5.68. The van der Waals surface area contributed by atoms with Gasteiger partial charge in [-0.15, -0.1) is 0 Å². The fourth-order valence-corrected chi connectivity index (χ4v) is 4.23. The number of fused-ring (bicyclic) bond motifs is 2. The van der Waals surface area contributed by atoms with E-state index in [1.807, 2.05) is 6.92 Å². The largest absolute Gasteiger partial charge is 0.494 e. The molecule has 0 saturated heterocycles. The van der Waals surface area contributed by atoms with E-state index in [2.05, 4.69) is 0 Å². The maximum absolute atomic E-state index is 13.9. The van der Waals surface area contributed by atoms with Gasteiger partial charge in [-0.2, -0.15) is 0 Å². The van der Waals surface area contributed by atoms with Crippen molar-refractivity contribution in [3.63, 3.8) is 0 Å². The molecule has 1 atom stereocenters. The Hall–Kier alpha value is -4.00. The van der Waals surface area contributed by atoms with Crippen LogP contribution in [0.1, 0.15) is 40.2 Å². The Balaban J connectivity index is 1.71. The van der Waals surface area contributed by atoms with E-state index < -0.39 is 23.2 Å². The van der Waals surface area contributed by atoms with Crippen molar-refractivity contribution in [3.05, 3.63) is 111 Å². The highest BCUT2D eigenvalue weighted by atomic mass is 19.1. The van der Waals surface area contributed by atoms with E-state index in [1.54, 1.807) is 36.4 Å². The number of rotatable bonds is 5. The van der Waals surface area contributed by atoms with Gasteiger partial charge >= 0.3 is 0 Å². The lowest BCUT2D eigenvalue weighted by Gasteiger charge is -2.25. The van der Waals surface area contributed by atoms with E-state index in [9.17, 15) is 18.4 Å². The van der Waals surface area contributed by atoms with Crippen molar-refractivity contribution in [1.82, 2.24) is 4.90 Å². The average Bonchev–Trinajstić information content (AvgIpc) is 3.08. The molecule has 7 heteroatoms. The maximum Gasteiger partial charge on any atom is 0.291 e. The molecule has 33 heavy (non-hydrogen) atoms. The number of nitrogens with zero attached hydrogens (tertiary/aromatic N) is 1. The maximum atomic E-state index is 13.9. The van der Waals surface area contributed by atoms with E-state index in [4.69, 9.17) is 9.15 Å². The van der Waals surface area contributed by atoms with Crippen LogP contribution in [0.15, 0.2) is 75.9 Å². The minimum absolute atomic E-state index is 0.0659. The number of hydrogen-bond acceptors (Lipinski definition) is 4. The number of ether oxygens (including phenoxy) is 1. The first kappa shape index (κ1) is 20.9. The Kier molecular flexibility index (Phi) is 5.17. The van der Waals surface area contributed by atoms with E-state index in [0.717, 1.165) is 6.07 Å². The molecule has 2 heterocycles. The Labute approximate surface area is 187 Å². The number of carbonyl (C=O) groups is 1. The van der Waals surface area contributed by atoms with Gasteiger partial charge in [0, 0.05) is 6.54 Å². The van der Waals surface area contributed by atoms with Gasteiger partial charge in [-0.1, -0.05) is 24.3 Å². The summed E-state index contributed by atoms with van der Waals surface area (Å²) in [5.41, 5.74) is 1.16. The van der Waals surface area contributed by atoms with Crippen molar-refractivity contribution in [1.29, 1.82) is 0 Å². The minimum atomic E-state index is -0.776. The average molecular weight is 447 g/mol. The quantitative estimate of drug-likeness (QED) is 0.421. The number of amides is 1. The summed E-state index contributed by atoms with van der Waals surface area (Å²) in [5.74, 6) is -0.913. The summed E-state index contributed by atoms with van der Waals surface area (Å²) in [6.07, 6.45) is 0. The molecule has 0 N–H and O–H groups in total. The second kappa shape index (κ2) is 8.16. The van der Waals surface area contributed by atoms with E-state index >= 15 is 0 Å². The van der Waals surface area contributed by atoms with Crippen molar-refractivity contribution >= 4 is 16.9 Å². The van der Waals surface area contributed by atoms with Gasteiger partial charge in [0.1, 0.15) is 23.0 Å². The van der Waals surface area contributed by atoms with Crippen LogP contribution in [0.2, 0.25) is 0 Å². The zero-order chi connectivity index (χ0) is 23.1. The molecule has 0 spiro atoms. The van der Waals surface area contributed by atoms with Crippen LogP contribution in [0.5, 0.6) is 5.75 Å². The van der Waals surface area contributed by atoms with Crippen molar-refractivity contribution < 1.29 is 22.7 Å². The second-order valence-corrected chi connectivity index (χ2v) is 7.78. The molecular formula is C26H19F2NO4. The van der Waals surface area contributed by atoms with Crippen molar-refractivity contribution in [2.45, 2.75) is 19.5 Å². The summed E-state index contributed by atoms with van der Waals surface area (Å²) in [5, 5.41) is 0.0659. The van der Waals surface area contributed by atoms with Gasteiger partial charge in [-0.05, 0) is 60.5 Å². The number of benzene rings is 3. The fraction of sp³-hybridized carbons (Fsp3) is 0.154. The van der Waals surface area contributed by atoms with E-state index in [1.165, 1.54) is 29.2 Å². The Morgan fingerprint density at radius 2 is 1.73 bits per heavy atom. The normalized spacial score (nSPS) is 15.2. The van der Waals surface area contributed by atoms with Crippen LogP contribution in [-0.4, -0.2) is 17.4 Å². The Bertz CT molecular complexity index is 1430. The summed E-state index contributed by atoms with van der Waals surface area (Å²) in [6.45, 7) is 2.43. The molecule has 1 aromatic heterocycles. The molecule has 1 aliphatic heterocycles. The number of hydrogen-bond donors (Lipinski definition) is 0. The van der Waals surface area contributed by atoms with Crippen molar-refractivity contribution in [3.8, 4) is 5.75 Å². The summed E-state index contributed by atoms with van der Waals surface area (Å²) in [4.78, 5) is 28.4. The van der Waals surface area contributed by atoms with E-state index in [-0.39, 0.29) is 34.7 Å². The fourth-order valence-electron chi connectivity index (χ4n) is 4.23. The molecule has 0 aliphatic carbocycles. The minimum Gasteiger partial charge on any atom is -0.494 e. The monoisotopic (exact) mass is 447 g/mol. The summed E-state index contributed by atoms with van der Waals surface area (Å²) in [6, 6.07) is 15.8. The van der Waals surface area contributed by atoms with Crippen LogP contribution in [0.4, 0.5) is 8.78 Å². The first-order valence-electron chi connectivity index (χ1n) is 10.5. The summed E-state index contributed by atoms with van der Waals surface area (Å²) < 4.78 is 38.7. The molecule has 4 aromatic rings. The van der Waals surface area contributed by atoms with Crippen molar-refractivity contribution in [2.24, 2.45) is 0 Å². The van der Waals surface area contributed by atoms with Crippen LogP contribution in [0.25, 0.3) is 11.0 Å². The molecule has 5 rings (SSSR count). The molecule has 1 amide bonds. The third-order valence-electron chi connectivity index (χ3n) is 5.68. The smallest absolute Gasteiger partial charge is 0.291 e. The first-order chi connectivity index (χ1) is 16.0. The summed E-state index contributed by atoms with van der Waals surface area (Å²) in [7, 11) is 0. The predicted octanol–water partition coefficient (Wildman–Crippen LogP) is 5.22. The molecule has 166 valence electrons. The molecule has 3 aromatic carbocycles. The topological polar surface area (TPSA) is 59.8 Å². The highest BCUT2D eigenvalue weighted by Crippen LogP contribution is 2.40. The molecule has 0 saturated carbocycles. The highest BCUT2D eigenvalue weighted by molar-refractivity contribution is 5.99. The van der Waals surface area contributed by atoms with Gasteiger partial charge in [0.15, 0.2) is 5.43 Å². The Morgan fingerprint density at radius 3 is 2.48 bits per heavy atom. The lowest BCUT2D eigenvalue weighted by atomic mass is 9.98. The van der Waals surface area contributed by atoms with Crippen LogP contribution >= 0.6 is 0 Å². The van der Waals surface area contributed by atoms with Crippen molar-refractivity contribution in [2.75, 3.05) is 6.61 Å². The predicted molar refractivity (Wildman–Crippen MR) is 118 cm³/mol. The molecular weight excluding hydrogens is 428 g/mol. The lowest BCUT2D eigenvalue weighted by molar-refractivity contribution is 0.0714. The molecule has 1 aliphatic rings. The molecule has 0 bridgehead atoms. The van der Waals surface area contributed by atoms with Gasteiger partial charge in [0.25, 0.3) is 5.91 Å². The lowest BCUT2D eigenvalue weighted by Crippen LogP contribution is -2.29. The van der Waals surface area contributed by atoms with Gasteiger partial charge in [0.05, 0.1) is 23.6 Å². The Morgan fingerprint density at radius 1 is 0.970 bits per heavy atom. The number of halogens is 2. The summed E-state index contributed by atoms with van der Waals surface area (Å²) >= 11 is 0. The van der Waals surface area contributed by atoms with Crippen LogP contribution in [0.3, 0.4) is 0 Å². The second-order valence-electron chi connectivity index (χ2n) is 7.78. The van der Waals surface area contributed by atoms with Gasteiger partial charge in [-0.25, -0.2) is 8.78 Å². The SMILES string of the molecule is CCOc1cccc(C2c3c(oc4ccc(F)cc4c3=O)C(=O)N2Cc2ccc(F)cc2)c1. The van der Waals surface area contributed by atoms with Gasteiger partial charge in [0.2, 0.25) is 5.76 Å². The van der Waals surface area contributed by atoms with Crippen LogP contribution in [0, 0.1) is 11.6 Å². The van der Waals surface area contributed by atoms with Gasteiger partial charge < -0.3 is 14.1 Å². The molecule has 5 nitrogen and oxygen atoms in total. The standard InChI is InChI=1S/C26H19F2NO4/c1-2-32-19-5-3-4-16(12-19)23-22-24(30)20-13-18(28)10-11-21(20)33-25(22)26(31)29(23)14-15-6-8-17(27)9-7-15/h3-13,23H,2,14H2,1H3. The molecule has 0 radical (unpaired) electrons. The molecule has 0 fully saturated rings. The first-order valence-corrected chi connectivity index (χ1v) is 10.5. The number of carbonyl (C=O) groups excluding carboxylic acids is 1. The zero-order valence-corrected chi connectivity index (χ0v) is 17.7. The van der Waals surface area contributed by atoms with E-state index in [0.29, 0.717) is 23.5 Å². The van der Waals surface area contributed by atoms with Crippen LogP contribution < -0.4 is 10.2 Å². The molecule has 1 unspecified atom stereocenters. The zero-order valence-electron chi connectivity index (χ0n) is 17.7. The third kappa shape index (κ3) is 3.65. The van der Waals surface area contributed by atoms with Gasteiger partial charge in [-0.3, -0.25) is 9.59 Å².